The van der Waals surface area contributed by atoms with Gasteiger partial charge < -0.3 is 14.2 Å². The second-order valence-electron chi connectivity index (χ2n) is 4.37. The van der Waals surface area contributed by atoms with Crippen LogP contribution in [-0.4, -0.2) is 20.3 Å². The van der Waals surface area contributed by atoms with Gasteiger partial charge in [-0.25, -0.2) is 0 Å². The van der Waals surface area contributed by atoms with Crippen molar-refractivity contribution in [2.24, 2.45) is 0 Å². The van der Waals surface area contributed by atoms with E-state index in [1.165, 1.54) is 0 Å². The van der Waals surface area contributed by atoms with Crippen molar-refractivity contribution >= 4 is 11.6 Å². The van der Waals surface area contributed by atoms with Gasteiger partial charge in [-0.2, -0.15) is 0 Å². The number of benzene rings is 1. The summed E-state index contributed by atoms with van der Waals surface area (Å²) in [7, 11) is 1.68. The lowest BCUT2D eigenvalue weighted by Gasteiger charge is -2.27. The second-order valence-corrected chi connectivity index (χ2v) is 4.74. The van der Waals surface area contributed by atoms with Crippen molar-refractivity contribution < 1.29 is 14.2 Å². The highest BCUT2D eigenvalue weighted by Gasteiger charge is 2.29. The van der Waals surface area contributed by atoms with Crippen LogP contribution in [0, 0.1) is 0 Å². The fourth-order valence-corrected chi connectivity index (χ4v) is 2.91. The number of halogens is 1. The number of ether oxygens (including phenoxy) is 3. The molecule has 3 nitrogen and oxygen atoms in total. The van der Waals surface area contributed by atoms with E-state index in [1.807, 2.05) is 0 Å². The molecule has 0 N–H and O–H groups in total. The summed E-state index contributed by atoms with van der Waals surface area (Å²) in [6.45, 7) is 1.47. The van der Waals surface area contributed by atoms with Crippen LogP contribution >= 0.6 is 11.6 Å². The summed E-state index contributed by atoms with van der Waals surface area (Å²) < 4.78 is 16.9. The predicted molar refractivity (Wildman–Crippen MR) is 65.6 cm³/mol. The van der Waals surface area contributed by atoms with Gasteiger partial charge in [-0.05, 0) is 25.7 Å². The average molecular weight is 255 g/mol. The van der Waals surface area contributed by atoms with E-state index >= 15 is 0 Å². The largest absolute Gasteiger partial charge is 0.492 e. The van der Waals surface area contributed by atoms with Crippen molar-refractivity contribution in [2.45, 2.75) is 25.7 Å². The van der Waals surface area contributed by atoms with Gasteiger partial charge in [0.1, 0.15) is 5.75 Å². The Morgan fingerprint density at radius 3 is 2.35 bits per heavy atom. The van der Waals surface area contributed by atoms with E-state index in [0.29, 0.717) is 0 Å². The SMILES string of the molecule is COc1c2c(c(Cl)c3c1OCCC3)OCCC2. The van der Waals surface area contributed by atoms with Gasteiger partial charge in [0, 0.05) is 11.1 Å². The smallest absolute Gasteiger partial charge is 0.168 e. The first-order valence-corrected chi connectivity index (χ1v) is 6.37. The molecule has 0 bridgehead atoms. The maximum absolute atomic E-state index is 6.41. The van der Waals surface area contributed by atoms with E-state index in [1.54, 1.807) is 7.11 Å². The normalized spacial score (nSPS) is 17.5. The summed E-state index contributed by atoms with van der Waals surface area (Å²) >= 11 is 6.41. The Morgan fingerprint density at radius 1 is 1.00 bits per heavy atom. The number of hydrogen-bond donors (Lipinski definition) is 0. The van der Waals surface area contributed by atoms with Gasteiger partial charge in [-0.3, -0.25) is 0 Å². The molecule has 0 atom stereocenters. The van der Waals surface area contributed by atoms with Gasteiger partial charge in [-0.15, -0.1) is 0 Å². The molecule has 1 aromatic carbocycles. The maximum Gasteiger partial charge on any atom is 0.168 e. The fraction of sp³-hybridized carbons (Fsp3) is 0.538. The first kappa shape index (κ1) is 11.0. The van der Waals surface area contributed by atoms with Crippen LogP contribution in [0.5, 0.6) is 17.2 Å². The van der Waals surface area contributed by atoms with Crippen LogP contribution in [0.15, 0.2) is 0 Å². The van der Waals surface area contributed by atoms with Gasteiger partial charge in [-0.1, -0.05) is 11.6 Å². The molecule has 0 aromatic heterocycles. The van der Waals surface area contributed by atoms with Crippen LogP contribution in [0.25, 0.3) is 0 Å². The lowest BCUT2D eigenvalue weighted by Crippen LogP contribution is -2.16. The average Bonchev–Trinajstić information content (AvgIpc) is 2.40. The van der Waals surface area contributed by atoms with Crippen molar-refractivity contribution in [3.05, 3.63) is 16.1 Å². The Bertz CT molecular complexity index is 419. The Kier molecular flexibility index (Phi) is 2.79. The monoisotopic (exact) mass is 254 g/mol. The van der Waals surface area contributed by atoms with Crippen LogP contribution in [0.1, 0.15) is 24.0 Å². The standard InChI is InChI=1S/C13H15ClO3/c1-15-12-9-5-3-6-16-11(9)10(14)8-4-2-7-17-13(8)12/h2-7H2,1H3. The third-order valence-corrected chi connectivity index (χ3v) is 3.73. The highest BCUT2D eigenvalue weighted by Crippen LogP contribution is 2.50. The topological polar surface area (TPSA) is 27.7 Å². The van der Waals surface area contributed by atoms with Crippen LogP contribution in [-0.2, 0) is 12.8 Å². The quantitative estimate of drug-likeness (QED) is 0.771. The van der Waals surface area contributed by atoms with E-state index in [4.69, 9.17) is 25.8 Å². The van der Waals surface area contributed by atoms with Crippen LogP contribution in [0.2, 0.25) is 5.02 Å². The third kappa shape index (κ3) is 1.64. The summed E-state index contributed by atoms with van der Waals surface area (Å²) in [6, 6.07) is 0. The van der Waals surface area contributed by atoms with Gasteiger partial charge in [0.25, 0.3) is 0 Å². The zero-order valence-corrected chi connectivity index (χ0v) is 10.6. The highest BCUT2D eigenvalue weighted by molar-refractivity contribution is 6.33. The van der Waals surface area contributed by atoms with Crippen molar-refractivity contribution in [1.29, 1.82) is 0 Å². The lowest BCUT2D eigenvalue weighted by atomic mass is 9.97. The molecule has 1 aromatic rings. The number of methoxy groups -OCH3 is 1. The number of fused-ring (bicyclic) bond motifs is 2. The molecule has 4 heteroatoms. The summed E-state index contributed by atoms with van der Waals surface area (Å²) in [5.74, 6) is 2.45. The van der Waals surface area contributed by atoms with Gasteiger partial charge in [0.05, 0.1) is 25.3 Å². The molecule has 0 radical (unpaired) electrons. The summed E-state index contributed by atoms with van der Waals surface area (Å²) in [6.07, 6.45) is 3.86. The molecule has 0 unspecified atom stereocenters. The van der Waals surface area contributed by atoms with E-state index in [0.717, 1.165) is 72.3 Å². The van der Waals surface area contributed by atoms with E-state index < -0.39 is 0 Å². The second kappa shape index (κ2) is 4.30. The van der Waals surface area contributed by atoms with Gasteiger partial charge in [0.15, 0.2) is 11.5 Å². The van der Waals surface area contributed by atoms with E-state index in [2.05, 4.69) is 0 Å². The molecule has 92 valence electrons. The molecule has 17 heavy (non-hydrogen) atoms. The minimum Gasteiger partial charge on any atom is -0.492 e. The maximum atomic E-state index is 6.41. The van der Waals surface area contributed by atoms with E-state index in [-0.39, 0.29) is 0 Å². The highest BCUT2D eigenvalue weighted by atomic mass is 35.5. The Balaban J connectivity index is 2.25. The minimum absolute atomic E-state index is 0.718. The fourth-order valence-electron chi connectivity index (χ4n) is 2.56. The van der Waals surface area contributed by atoms with Crippen molar-refractivity contribution in [1.82, 2.24) is 0 Å². The van der Waals surface area contributed by atoms with Crippen molar-refractivity contribution in [3.63, 3.8) is 0 Å². The first-order valence-electron chi connectivity index (χ1n) is 5.99. The summed E-state index contributed by atoms with van der Waals surface area (Å²) in [4.78, 5) is 0. The van der Waals surface area contributed by atoms with Crippen molar-refractivity contribution in [2.75, 3.05) is 20.3 Å². The molecular weight excluding hydrogens is 240 g/mol. The molecule has 2 aliphatic rings. The summed E-state index contributed by atoms with van der Waals surface area (Å²) in [5.41, 5.74) is 2.10. The molecule has 0 fully saturated rings. The number of hydrogen-bond acceptors (Lipinski definition) is 3. The molecule has 0 amide bonds. The molecule has 2 heterocycles. The summed E-state index contributed by atoms with van der Waals surface area (Å²) in [5, 5.41) is 0.718. The Morgan fingerprint density at radius 2 is 1.65 bits per heavy atom. The zero-order chi connectivity index (χ0) is 11.8. The zero-order valence-electron chi connectivity index (χ0n) is 9.85. The van der Waals surface area contributed by atoms with Gasteiger partial charge >= 0.3 is 0 Å². The Labute approximate surface area is 106 Å². The molecule has 0 saturated heterocycles. The molecular formula is C13H15ClO3. The van der Waals surface area contributed by atoms with Crippen molar-refractivity contribution in [3.8, 4) is 17.2 Å². The lowest BCUT2D eigenvalue weighted by molar-refractivity contribution is 0.253. The van der Waals surface area contributed by atoms with Crippen LogP contribution in [0.4, 0.5) is 0 Å². The number of rotatable bonds is 1. The molecule has 0 spiro atoms. The van der Waals surface area contributed by atoms with Crippen LogP contribution in [0.3, 0.4) is 0 Å². The third-order valence-electron chi connectivity index (χ3n) is 3.33. The molecule has 2 aliphatic heterocycles. The van der Waals surface area contributed by atoms with Gasteiger partial charge in [0.2, 0.25) is 0 Å². The molecule has 0 saturated carbocycles. The van der Waals surface area contributed by atoms with Crippen LogP contribution < -0.4 is 14.2 Å². The Hall–Kier alpha value is -1.09. The first-order chi connectivity index (χ1) is 8.33. The minimum atomic E-state index is 0.718. The molecule has 0 aliphatic carbocycles. The molecule has 3 rings (SSSR count). The predicted octanol–water partition coefficient (Wildman–Crippen LogP) is 3.00. The van der Waals surface area contributed by atoms with E-state index in [9.17, 15) is 0 Å².